The Morgan fingerprint density at radius 3 is 1.89 bits per heavy atom. The van der Waals surface area contributed by atoms with Gasteiger partial charge in [0.05, 0.1) is 19.4 Å². The molecule has 13 heteroatoms. The van der Waals surface area contributed by atoms with Gasteiger partial charge in [0.15, 0.2) is 0 Å². The first-order valence-corrected chi connectivity index (χ1v) is 10.8. The van der Waals surface area contributed by atoms with E-state index in [4.69, 9.17) is 27.0 Å². The molecule has 0 amide bonds. The molecule has 2 aromatic heterocycles. The number of hydrogen-bond acceptors (Lipinski definition) is 9. The lowest BCUT2D eigenvalue weighted by Gasteiger charge is -2.02. The summed E-state index contributed by atoms with van der Waals surface area (Å²) in [4.78, 5) is 27.7. The number of hydroxylamine groups is 2. The molecule has 0 saturated heterocycles. The molecule has 0 aliphatic rings. The van der Waals surface area contributed by atoms with Gasteiger partial charge in [-0.3, -0.25) is 24.4 Å². The number of nitrogens with one attached hydrogen (secondary N) is 2. The Morgan fingerprint density at radius 2 is 1.46 bits per heavy atom. The summed E-state index contributed by atoms with van der Waals surface area (Å²) in [6.45, 7) is 8.96. The predicted molar refractivity (Wildman–Crippen MR) is 137 cm³/mol. The Bertz CT molecular complexity index is 935. The van der Waals surface area contributed by atoms with Gasteiger partial charge in [-0.15, -0.1) is 10.2 Å². The van der Waals surface area contributed by atoms with Crippen LogP contribution in [0.3, 0.4) is 0 Å². The minimum absolute atomic E-state index is 0.0865. The van der Waals surface area contributed by atoms with E-state index in [0.29, 0.717) is 18.8 Å². The number of nitrogens with two attached hydrogens (primary N) is 3. The third kappa shape index (κ3) is 16.2. The van der Waals surface area contributed by atoms with Crippen LogP contribution < -0.4 is 28.3 Å². The van der Waals surface area contributed by atoms with Gasteiger partial charge in [0.1, 0.15) is 6.29 Å². The fraction of sp³-hybridized carbons (Fsp3) is 0.364. The van der Waals surface area contributed by atoms with Crippen LogP contribution in [-0.2, 0) is 9.68 Å². The molecule has 2 heterocycles. The minimum Gasteiger partial charge on any atom is -0.367 e. The first-order valence-electron chi connectivity index (χ1n) is 10.8. The van der Waals surface area contributed by atoms with E-state index in [0.717, 1.165) is 35.8 Å². The highest BCUT2D eigenvalue weighted by Gasteiger charge is 1.93. The van der Waals surface area contributed by atoms with E-state index in [9.17, 15) is 4.79 Å². The quantitative estimate of drug-likeness (QED) is 0.0854. The zero-order chi connectivity index (χ0) is 26.3. The minimum atomic E-state index is 0.0865. The van der Waals surface area contributed by atoms with Crippen molar-refractivity contribution in [2.45, 2.75) is 40.5 Å². The largest absolute Gasteiger partial charge is 0.367 e. The second kappa shape index (κ2) is 20.5. The van der Waals surface area contributed by atoms with Crippen molar-refractivity contribution in [1.82, 2.24) is 20.9 Å². The van der Waals surface area contributed by atoms with E-state index in [1.165, 1.54) is 0 Å². The second-order valence-corrected chi connectivity index (χ2v) is 6.73. The van der Waals surface area contributed by atoms with E-state index in [1.54, 1.807) is 37.1 Å². The monoisotopic (exact) mass is 488 g/mol. The summed E-state index contributed by atoms with van der Waals surface area (Å²) >= 11 is 0. The Hall–Kier alpha value is -4.10. The van der Waals surface area contributed by atoms with Gasteiger partial charge in [-0.1, -0.05) is 13.8 Å². The SMILES string of the molecule is CCCONC(N)=N/N=C/c1ccncc1C.CCCONC(N)=NN.Cc1cnccc1C=O. The van der Waals surface area contributed by atoms with Gasteiger partial charge in [0.25, 0.3) is 0 Å². The zero-order valence-electron chi connectivity index (χ0n) is 20.6. The first-order chi connectivity index (χ1) is 16.9. The Balaban J connectivity index is 0.000000543. The summed E-state index contributed by atoms with van der Waals surface area (Å²) in [5.41, 5.74) is 19.0. The molecule has 0 aromatic carbocycles. The van der Waals surface area contributed by atoms with Gasteiger partial charge in [-0.05, 0) is 49.9 Å². The van der Waals surface area contributed by atoms with Crippen molar-refractivity contribution >= 4 is 24.4 Å². The number of aryl methyl sites for hydroxylation is 2. The summed E-state index contributed by atoms with van der Waals surface area (Å²) < 4.78 is 0. The van der Waals surface area contributed by atoms with Crippen LogP contribution >= 0.6 is 0 Å². The van der Waals surface area contributed by atoms with Gasteiger partial charge < -0.3 is 17.3 Å². The van der Waals surface area contributed by atoms with Crippen LogP contribution in [0.15, 0.2) is 52.2 Å². The number of aldehydes is 1. The maximum atomic E-state index is 10.2. The highest BCUT2D eigenvalue weighted by molar-refractivity contribution is 5.83. The summed E-state index contributed by atoms with van der Waals surface area (Å²) in [5, 5.41) is 10.7. The van der Waals surface area contributed by atoms with Gasteiger partial charge in [0, 0.05) is 35.9 Å². The number of carbonyl (C=O) groups excluding carboxylic acids is 1. The molecule has 0 atom stereocenters. The van der Waals surface area contributed by atoms with E-state index in [2.05, 4.69) is 36.2 Å². The van der Waals surface area contributed by atoms with Crippen molar-refractivity contribution < 1.29 is 14.5 Å². The number of pyridine rings is 2. The van der Waals surface area contributed by atoms with Crippen molar-refractivity contribution in [3.05, 3.63) is 59.2 Å². The van der Waals surface area contributed by atoms with Gasteiger partial charge in [-0.2, -0.15) is 5.10 Å². The molecule has 0 saturated carbocycles. The number of rotatable bonds is 9. The van der Waals surface area contributed by atoms with E-state index in [-0.39, 0.29) is 11.9 Å². The summed E-state index contributed by atoms with van der Waals surface area (Å²) in [7, 11) is 0. The van der Waals surface area contributed by atoms with Crippen LogP contribution in [0.25, 0.3) is 0 Å². The predicted octanol–water partition coefficient (Wildman–Crippen LogP) is 1.28. The average Bonchev–Trinajstić information content (AvgIpc) is 2.86. The molecule has 0 aliphatic carbocycles. The second-order valence-electron chi connectivity index (χ2n) is 6.73. The highest BCUT2D eigenvalue weighted by Crippen LogP contribution is 2.01. The molecule has 0 spiro atoms. The molecular formula is C22H36N10O3. The third-order valence-electron chi connectivity index (χ3n) is 3.72. The van der Waals surface area contributed by atoms with Gasteiger partial charge in [-0.25, -0.2) is 11.0 Å². The van der Waals surface area contributed by atoms with Crippen LogP contribution in [0.5, 0.6) is 0 Å². The molecule has 0 unspecified atom stereocenters. The van der Waals surface area contributed by atoms with Gasteiger partial charge >= 0.3 is 0 Å². The highest BCUT2D eigenvalue weighted by atomic mass is 16.6. The maximum Gasteiger partial charge on any atom is 0.237 e. The Morgan fingerprint density at radius 1 is 0.943 bits per heavy atom. The topological polar surface area (TPSA) is 201 Å². The van der Waals surface area contributed by atoms with E-state index in [1.807, 2.05) is 33.8 Å². The number of guanidine groups is 2. The van der Waals surface area contributed by atoms with E-state index < -0.39 is 0 Å². The van der Waals surface area contributed by atoms with Crippen LogP contribution in [0, 0.1) is 13.8 Å². The lowest BCUT2D eigenvalue weighted by Crippen LogP contribution is -2.32. The number of aromatic nitrogens is 2. The normalized spacial score (nSPS) is 11.1. The van der Waals surface area contributed by atoms with Crippen LogP contribution in [0.2, 0.25) is 0 Å². The number of hydrazone groups is 1. The van der Waals surface area contributed by atoms with Crippen molar-refractivity contribution in [2.75, 3.05) is 13.2 Å². The smallest absolute Gasteiger partial charge is 0.237 e. The number of hydrogen-bond donors (Lipinski definition) is 5. The lowest BCUT2D eigenvalue weighted by molar-refractivity contribution is 0.0845. The molecule has 0 fully saturated rings. The van der Waals surface area contributed by atoms with Crippen molar-refractivity contribution in [2.24, 2.45) is 32.6 Å². The molecule has 35 heavy (non-hydrogen) atoms. The molecule has 0 radical (unpaired) electrons. The third-order valence-corrected chi connectivity index (χ3v) is 3.72. The van der Waals surface area contributed by atoms with Crippen LogP contribution in [-0.4, -0.2) is 47.6 Å². The van der Waals surface area contributed by atoms with Crippen molar-refractivity contribution in [3.63, 3.8) is 0 Å². The molecule has 2 rings (SSSR count). The first kappa shape index (κ1) is 30.9. The zero-order valence-corrected chi connectivity index (χ0v) is 20.6. The molecule has 192 valence electrons. The van der Waals surface area contributed by atoms with Gasteiger partial charge in [0.2, 0.25) is 11.9 Å². The fourth-order valence-corrected chi connectivity index (χ4v) is 1.90. The van der Waals surface area contributed by atoms with Crippen LogP contribution in [0.4, 0.5) is 0 Å². The lowest BCUT2D eigenvalue weighted by atomic mass is 10.2. The van der Waals surface area contributed by atoms with E-state index >= 15 is 0 Å². The Labute approximate surface area is 205 Å². The number of nitrogens with zero attached hydrogens (tertiary/aromatic N) is 5. The molecule has 13 nitrogen and oxygen atoms in total. The molecule has 0 aliphatic heterocycles. The summed E-state index contributed by atoms with van der Waals surface area (Å²) in [6, 6.07) is 3.55. The molecular weight excluding hydrogens is 452 g/mol. The Kier molecular flexibility index (Phi) is 18.1. The maximum absolute atomic E-state index is 10.2. The molecule has 0 bridgehead atoms. The number of carbonyl (C=O) groups is 1. The standard InChI is InChI=1S/C11H17N5O.C7H7NO.C4H12N4O/c1-3-6-17-16-11(12)15-14-8-10-4-5-13-7-9(10)2;1-6-4-8-3-2-7(6)5-9;1-2-3-9-8-4(5)7-6/h4-5,7-8H,3,6H2,1-2H3,(H3,12,15,16);2-5H,1H3;2-3,6H2,1H3,(H3,5,7,8)/b14-8+;;. The molecule has 8 N–H and O–H groups in total. The van der Waals surface area contributed by atoms with Crippen LogP contribution in [0.1, 0.15) is 53.7 Å². The fourth-order valence-electron chi connectivity index (χ4n) is 1.90. The average molecular weight is 489 g/mol. The molecule has 2 aromatic rings. The summed E-state index contributed by atoms with van der Waals surface area (Å²) in [5.74, 6) is 4.99. The van der Waals surface area contributed by atoms with Crippen molar-refractivity contribution in [1.29, 1.82) is 0 Å². The van der Waals surface area contributed by atoms with Crippen molar-refractivity contribution in [3.8, 4) is 0 Å². The summed E-state index contributed by atoms with van der Waals surface area (Å²) in [6.07, 6.45) is 11.0.